The van der Waals surface area contributed by atoms with Crippen molar-refractivity contribution in [2.24, 2.45) is 0 Å². The molecular weight excluding hydrogens is 441 g/mol. The number of hydrogen-bond acceptors (Lipinski definition) is 7. The Morgan fingerprint density at radius 2 is 1.91 bits per heavy atom. The van der Waals surface area contributed by atoms with Crippen molar-refractivity contribution in [3.63, 3.8) is 0 Å². The lowest BCUT2D eigenvalue weighted by Crippen LogP contribution is -2.14. The van der Waals surface area contributed by atoms with Crippen LogP contribution in [-0.2, 0) is 5.75 Å². The molecule has 0 saturated carbocycles. The summed E-state index contributed by atoms with van der Waals surface area (Å²) in [5, 5.41) is 13.5. The van der Waals surface area contributed by atoms with Gasteiger partial charge in [0.25, 0.3) is 5.91 Å². The van der Waals surface area contributed by atoms with Crippen LogP contribution in [0.5, 0.6) is 0 Å². The SMILES string of the molecule is Cc1cc(Nc2ccnc(SCc3ccc(C(=O)Nc4c(C)cc(F)cc4N)cc3)n2)n[nH]1. The van der Waals surface area contributed by atoms with E-state index in [1.165, 1.54) is 23.9 Å². The molecule has 0 atom stereocenters. The summed E-state index contributed by atoms with van der Waals surface area (Å²) in [4.78, 5) is 21.4. The lowest BCUT2D eigenvalue weighted by atomic mass is 10.1. The van der Waals surface area contributed by atoms with Crippen molar-refractivity contribution in [1.82, 2.24) is 20.2 Å². The number of nitrogens with one attached hydrogen (secondary N) is 3. The molecule has 2 aromatic carbocycles. The summed E-state index contributed by atoms with van der Waals surface area (Å²) in [6.07, 6.45) is 1.69. The van der Waals surface area contributed by atoms with E-state index in [0.717, 1.165) is 11.3 Å². The lowest BCUT2D eigenvalue weighted by Gasteiger charge is -2.12. The molecule has 168 valence electrons. The molecule has 0 saturated heterocycles. The number of anilines is 4. The van der Waals surface area contributed by atoms with Gasteiger partial charge >= 0.3 is 0 Å². The predicted molar refractivity (Wildman–Crippen MR) is 128 cm³/mol. The van der Waals surface area contributed by atoms with Gasteiger partial charge in [-0.3, -0.25) is 9.89 Å². The Kier molecular flexibility index (Phi) is 6.55. The van der Waals surface area contributed by atoms with Crippen molar-refractivity contribution < 1.29 is 9.18 Å². The topological polar surface area (TPSA) is 122 Å². The summed E-state index contributed by atoms with van der Waals surface area (Å²) < 4.78 is 13.4. The molecule has 2 aromatic heterocycles. The molecule has 0 bridgehead atoms. The van der Waals surface area contributed by atoms with Crippen LogP contribution in [0.1, 0.15) is 27.2 Å². The van der Waals surface area contributed by atoms with Crippen LogP contribution >= 0.6 is 11.8 Å². The maximum Gasteiger partial charge on any atom is 0.255 e. The molecule has 2 heterocycles. The molecule has 0 fully saturated rings. The summed E-state index contributed by atoms with van der Waals surface area (Å²) in [5.74, 6) is 1.23. The molecule has 8 nitrogen and oxygen atoms in total. The Labute approximate surface area is 194 Å². The van der Waals surface area contributed by atoms with E-state index in [0.29, 0.717) is 39.4 Å². The molecule has 0 aliphatic rings. The molecule has 0 radical (unpaired) electrons. The van der Waals surface area contributed by atoms with Crippen LogP contribution < -0.4 is 16.4 Å². The van der Waals surface area contributed by atoms with Crippen molar-refractivity contribution >= 4 is 40.7 Å². The Hall–Kier alpha value is -3.92. The van der Waals surface area contributed by atoms with Crippen LogP contribution in [0, 0.1) is 19.7 Å². The average molecular weight is 464 g/mol. The summed E-state index contributed by atoms with van der Waals surface area (Å²) in [7, 11) is 0. The van der Waals surface area contributed by atoms with Gasteiger partial charge in [-0.1, -0.05) is 23.9 Å². The third-order valence-electron chi connectivity index (χ3n) is 4.75. The summed E-state index contributed by atoms with van der Waals surface area (Å²) in [6, 6.07) is 13.4. The molecule has 0 aliphatic carbocycles. The Morgan fingerprint density at radius 1 is 1.12 bits per heavy atom. The predicted octanol–water partition coefficient (Wildman–Crippen LogP) is 4.83. The number of halogens is 1. The largest absolute Gasteiger partial charge is 0.397 e. The van der Waals surface area contributed by atoms with Crippen LogP contribution in [0.25, 0.3) is 0 Å². The minimum Gasteiger partial charge on any atom is -0.397 e. The zero-order valence-electron chi connectivity index (χ0n) is 18.0. The maximum absolute atomic E-state index is 13.4. The highest BCUT2D eigenvalue weighted by atomic mass is 32.2. The quantitative estimate of drug-likeness (QED) is 0.176. The van der Waals surface area contributed by atoms with Crippen molar-refractivity contribution in [1.29, 1.82) is 0 Å². The normalized spacial score (nSPS) is 10.8. The van der Waals surface area contributed by atoms with E-state index in [4.69, 9.17) is 5.73 Å². The smallest absolute Gasteiger partial charge is 0.255 e. The van der Waals surface area contributed by atoms with E-state index in [2.05, 4.69) is 30.8 Å². The number of amides is 1. The van der Waals surface area contributed by atoms with E-state index in [9.17, 15) is 9.18 Å². The lowest BCUT2D eigenvalue weighted by molar-refractivity contribution is 0.102. The van der Waals surface area contributed by atoms with E-state index >= 15 is 0 Å². The first-order valence-corrected chi connectivity index (χ1v) is 11.1. The van der Waals surface area contributed by atoms with Crippen molar-refractivity contribution in [2.75, 3.05) is 16.4 Å². The van der Waals surface area contributed by atoms with E-state index in [1.807, 2.05) is 25.1 Å². The van der Waals surface area contributed by atoms with Gasteiger partial charge in [-0.25, -0.2) is 14.4 Å². The van der Waals surface area contributed by atoms with Gasteiger partial charge in [0.05, 0.1) is 11.4 Å². The first kappa shape index (κ1) is 22.3. The van der Waals surface area contributed by atoms with Crippen LogP contribution in [0.3, 0.4) is 0 Å². The standard InChI is InChI=1S/C23H22FN7OS/c1-13-9-17(24)11-18(25)21(13)29-22(32)16-5-3-15(4-6-16)12-33-23-26-8-7-19(28-23)27-20-10-14(2)30-31-20/h3-11H,12,25H2,1-2H3,(H,29,32)(H2,26,27,28,30,31). The number of nitrogens with zero attached hydrogens (tertiary/aromatic N) is 3. The van der Waals surface area contributed by atoms with Crippen molar-refractivity contribution in [2.45, 2.75) is 24.8 Å². The highest BCUT2D eigenvalue weighted by Crippen LogP contribution is 2.26. The number of aromatic amines is 1. The van der Waals surface area contributed by atoms with Gasteiger partial charge in [-0.15, -0.1) is 0 Å². The number of thioether (sulfide) groups is 1. The van der Waals surface area contributed by atoms with E-state index in [-0.39, 0.29) is 11.6 Å². The van der Waals surface area contributed by atoms with Crippen molar-refractivity contribution in [3.05, 3.63) is 82.9 Å². The molecule has 5 N–H and O–H groups in total. The number of nitrogens with two attached hydrogens (primary N) is 1. The second kappa shape index (κ2) is 9.70. The van der Waals surface area contributed by atoms with Gasteiger partial charge in [0.2, 0.25) is 0 Å². The molecular formula is C23H22FN7OS. The number of rotatable bonds is 7. The Morgan fingerprint density at radius 3 is 2.61 bits per heavy atom. The van der Waals surface area contributed by atoms with Crippen molar-refractivity contribution in [3.8, 4) is 0 Å². The van der Waals surface area contributed by atoms with Crippen LogP contribution in [0.15, 0.2) is 59.9 Å². The molecule has 0 unspecified atom stereocenters. The van der Waals surface area contributed by atoms with Gasteiger partial charge in [-0.2, -0.15) is 5.10 Å². The third-order valence-corrected chi connectivity index (χ3v) is 5.68. The number of aromatic nitrogens is 4. The highest BCUT2D eigenvalue weighted by Gasteiger charge is 2.12. The first-order valence-electron chi connectivity index (χ1n) is 10.1. The number of carbonyl (C=O) groups excluding carboxylic acids is 1. The van der Waals surface area contributed by atoms with Gasteiger partial charge in [0, 0.05) is 29.3 Å². The van der Waals surface area contributed by atoms with Gasteiger partial charge in [-0.05, 0) is 55.3 Å². The van der Waals surface area contributed by atoms with Crippen LogP contribution in [0.4, 0.5) is 27.4 Å². The maximum atomic E-state index is 13.4. The fourth-order valence-corrected chi connectivity index (χ4v) is 3.91. The molecule has 1 amide bonds. The average Bonchev–Trinajstić information content (AvgIpc) is 3.19. The number of aryl methyl sites for hydroxylation is 2. The van der Waals surface area contributed by atoms with E-state index in [1.54, 1.807) is 31.3 Å². The summed E-state index contributed by atoms with van der Waals surface area (Å²) in [6.45, 7) is 3.62. The van der Waals surface area contributed by atoms with Crippen LogP contribution in [-0.4, -0.2) is 26.1 Å². The molecule has 0 spiro atoms. The minimum absolute atomic E-state index is 0.188. The summed E-state index contributed by atoms with van der Waals surface area (Å²) in [5.41, 5.74) is 9.45. The zero-order valence-corrected chi connectivity index (χ0v) is 18.8. The minimum atomic E-state index is -0.439. The molecule has 4 rings (SSSR count). The summed E-state index contributed by atoms with van der Waals surface area (Å²) >= 11 is 1.48. The number of H-pyrrole nitrogens is 1. The monoisotopic (exact) mass is 463 g/mol. The number of benzene rings is 2. The van der Waals surface area contributed by atoms with Gasteiger partial charge in [0.15, 0.2) is 11.0 Å². The highest BCUT2D eigenvalue weighted by molar-refractivity contribution is 7.98. The van der Waals surface area contributed by atoms with Gasteiger partial charge in [0.1, 0.15) is 11.6 Å². The third kappa shape index (κ3) is 5.66. The first-order chi connectivity index (χ1) is 15.9. The van der Waals surface area contributed by atoms with E-state index < -0.39 is 5.82 Å². The molecule has 0 aliphatic heterocycles. The molecule has 33 heavy (non-hydrogen) atoms. The van der Waals surface area contributed by atoms with Gasteiger partial charge < -0.3 is 16.4 Å². The fraction of sp³-hybridized carbons (Fsp3) is 0.130. The molecule has 10 heteroatoms. The zero-order chi connectivity index (χ0) is 23.4. The fourth-order valence-electron chi connectivity index (χ4n) is 3.12. The Balaban J connectivity index is 1.36. The Bertz CT molecular complexity index is 1270. The van der Waals surface area contributed by atoms with Crippen LogP contribution in [0.2, 0.25) is 0 Å². The molecule has 4 aromatic rings. The number of nitrogen functional groups attached to an aromatic ring is 1. The second-order valence-electron chi connectivity index (χ2n) is 7.41. The second-order valence-corrected chi connectivity index (χ2v) is 8.35. The number of hydrogen-bond donors (Lipinski definition) is 4. The number of carbonyl (C=O) groups is 1.